The van der Waals surface area contributed by atoms with Crippen molar-refractivity contribution in [3.8, 4) is 0 Å². The zero-order valence-corrected chi connectivity index (χ0v) is 13.6. The van der Waals surface area contributed by atoms with E-state index < -0.39 is 0 Å². The van der Waals surface area contributed by atoms with Crippen LogP contribution in [-0.2, 0) is 4.79 Å². The van der Waals surface area contributed by atoms with Gasteiger partial charge < -0.3 is 15.7 Å². The molecule has 0 aliphatic carbocycles. The Morgan fingerprint density at radius 1 is 1.14 bits per heavy atom. The van der Waals surface area contributed by atoms with Crippen molar-refractivity contribution in [2.45, 2.75) is 33.6 Å². The highest BCUT2D eigenvalue weighted by Crippen LogP contribution is 2.24. The van der Waals surface area contributed by atoms with E-state index in [-0.39, 0.29) is 30.4 Å². The average Bonchev–Trinajstić information content (AvgIpc) is 2.55. The minimum atomic E-state index is -0.282. The smallest absolute Gasteiger partial charge is 0.251 e. The Labute approximate surface area is 132 Å². The minimum absolute atomic E-state index is 0.0375. The molecule has 0 fully saturated rings. The van der Waals surface area contributed by atoms with Crippen LogP contribution in [0.15, 0.2) is 24.3 Å². The fraction of sp³-hybridized carbons (Fsp3) is 0.529. The monoisotopic (exact) mass is 306 g/mol. The molecule has 1 aromatic carbocycles. The second-order valence-electron chi connectivity index (χ2n) is 5.64. The van der Waals surface area contributed by atoms with Crippen LogP contribution in [0.4, 0.5) is 0 Å². The zero-order chi connectivity index (χ0) is 16.6. The minimum Gasteiger partial charge on any atom is -0.396 e. The van der Waals surface area contributed by atoms with E-state index in [2.05, 4.69) is 10.6 Å². The maximum atomic E-state index is 12.0. The fourth-order valence-corrected chi connectivity index (χ4v) is 2.21. The highest BCUT2D eigenvalue weighted by molar-refractivity contribution is 5.97. The maximum absolute atomic E-state index is 12.0. The number of hydrogen-bond donors (Lipinski definition) is 3. The van der Waals surface area contributed by atoms with Gasteiger partial charge in [0.15, 0.2) is 0 Å². The normalized spacial score (nSPS) is 11.1. The van der Waals surface area contributed by atoms with Crippen LogP contribution >= 0.6 is 0 Å². The third kappa shape index (κ3) is 4.84. The van der Waals surface area contributed by atoms with E-state index in [1.165, 1.54) is 0 Å². The summed E-state index contributed by atoms with van der Waals surface area (Å²) in [6, 6.07) is 7.24. The van der Waals surface area contributed by atoms with Crippen LogP contribution in [0.1, 0.15) is 42.6 Å². The van der Waals surface area contributed by atoms with Crippen molar-refractivity contribution in [1.82, 2.24) is 10.6 Å². The second kappa shape index (κ2) is 8.54. The molecule has 0 radical (unpaired) electrons. The third-order valence-electron chi connectivity index (χ3n) is 4.30. The average molecular weight is 306 g/mol. The molecule has 0 aliphatic heterocycles. The topological polar surface area (TPSA) is 78.4 Å². The van der Waals surface area contributed by atoms with E-state index >= 15 is 0 Å². The number of benzene rings is 1. The Bertz CT molecular complexity index is 502. The molecule has 0 saturated carbocycles. The lowest BCUT2D eigenvalue weighted by Crippen LogP contribution is -2.43. The van der Waals surface area contributed by atoms with Gasteiger partial charge in [0.2, 0.25) is 5.91 Å². The van der Waals surface area contributed by atoms with E-state index in [0.29, 0.717) is 12.1 Å². The maximum Gasteiger partial charge on any atom is 0.251 e. The molecule has 0 bridgehead atoms. The summed E-state index contributed by atoms with van der Waals surface area (Å²) in [5.41, 5.74) is 1.16. The Morgan fingerprint density at radius 3 is 2.32 bits per heavy atom. The molecule has 122 valence electrons. The van der Waals surface area contributed by atoms with Gasteiger partial charge in [-0.15, -0.1) is 0 Å². The first-order valence-corrected chi connectivity index (χ1v) is 7.69. The molecule has 0 saturated heterocycles. The number of rotatable bonds is 8. The Balaban J connectivity index is 2.47. The first kappa shape index (κ1) is 18.2. The number of carbonyl (C=O) groups excluding carboxylic acids is 2. The standard InChI is InChI=1S/C17H26N2O3/c1-4-17(5-2,12-20)11-19-15(21)10-18-16(22)14-9-7-6-8-13(14)3/h6-9,20H,4-5,10-12H2,1-3H3,(H,18,22)(H,19,21). The van der Waals surface area contributed by atoms with E-state index in [4.69, 9.17) is 0 Å². The summed E-state index contributed by atoms with van der Waals surface area (Å²) in [5, 5.41) is 14.9. The fourth-order valence-electron chi connectivity index (χ4n) is 2.21. The molecule has 5 heteroatoms. The number of aryl methyl sites for hydroxylation is 1. The van der Waals surface area contributed by atoms with Crippen LogP contribution in [0.2, 0.25) is 0 Å². The number of aliphatic hydroxyl groups excluding tert-OH is 1. The molecule has 2 amide bonds. The van der Waals surface area contributed by atoms with Crippen LogP contribution in [-0.4, -0.2) is 36.6 Å². The summed E-state index contributed by atoms with van der Waals surface area (Å²) < 4.78 is 0. The van der Waals surface area contributed by atoms with E-state index in [9.17, 15) is 14.7 Å². The Morgan fingerprint density at radius 2 is 1.77 bits per heavy atom. The number of hydrogen-bond acceptors (Lipinski definition) is 3. The van der Waals surface area contributed by atoms with Crippen LogP contribution < -0.4 is 10.6 Å². The van der Waals surface area contributed by atoms with Crippen LogP contribution in [0, 0.1) is 12.3 Å². The molecule has 0 heterocycles. The molecule has 22 heavy (non-hydrogen) atoms. The zero-order valence-electron chi connectivity index (χ0n) is 13.6. The molecule has 3 N–H and O–H groups in total. The Hall–Kier alpha value is -1.88. The van der Waals surface area contributed by atoms with Crippen molar-refractivity contribution in [1.29, 1.82) is 0 Å². The summed E-state index contributed by atoms with van der Waals surface area (Å²) in [6.45, 7) is 6.22. The van der Waals surface area contributed by atoms with Gasteiger partial charge in [0, 0.05) is 17.5 Å². The number of aliphatic hydroxyl groups is 1. The lowest BCUT2D eigenvalue weighted by molar-refractivity contribution is -0.120. The van der Waals surface area contributed by atoms with Crippen LogP contribution in [0.5, 0.6) is 0 Å². The van der Waals surface area contributed by atoms with Crippen molar-refractivity contribution < 1.29 is 14.7 Å². The molecule has 1 aromatic rings. The van der Waals surface area contributed by atoms with Gasteiger partial charge in [0.05, 0.1) is 13.2 Å². The highest BCUT2D eigenvalue weighted by Gasteiger charge is 2.25. The van der Waals surface area contributed by atoms with E-state index in [1.54, 1.807) is 12.1 Å². The molecular formula is C17H26N2O3. The largest absolute Gasteiger partial charge is 0.396 e. The summed E-state index contributed by atoms with van der Waals surface area (Å²) >= 11 is 0. The van der Waals surface area contributed by atoms with E-state index in [0.717, 1.165) is 18.4 Å². The lowest BCUT2D eigenvalue weighted by atomic mass is 9.83. The summed E-state index contributed by atoms with van der Waals surface area (Å²) in [4.78, 5) is 23.9. The third-order valence-corrected chi connectivity index (χ3v) is 4.30. The molecule has 1 rings (SSSR count). The van der Waals surface area contributed by atoms with Gasteiger partial charge >= 0.3 is 0 Å². The number of nitrogens with one attached hydrogen (secondary N) is 2. The number of amides is 2. The molecule has 0 aliphatic rings. The quantitative estimate of drug-likeness (QED) is 0.683. The van der Waals surface area contributed by atoms with Crippen molar-refractivity contribution in [2.24, 2.45) is 5.41 Å². The summed E-state index contributed by atoms with van der Waals surface area (Å²) in [5.74, 6) is -0.505. The lowest BCUT2D eigenvalue weighted by Gasteiger charge is -2.29. The highest BCUT2D eigenvalue weighted by atomic mass is 16.3. The predicted octanol–water partition coefficient (Wildman–Crippen LogP) is 1.64. The molecule has 0 aromatic heterocycles. The van der Waals surface area contributed by atoms with Crippen LogP contribution in [0.25, 0.3) is 0 Å². The first-order chi connectivity index (χ1) is 10.5. The predicted molar refractivity (Wildman–Crippen MR) is 86.6 cm³/mol. The van der Waals surface area contributed by atoms with Gasteiger partial charge in [-0.1, -0.05) is 32.0 Å². The Kier molecular flexibility index (Phi) is 7.05. The van der Waals surface area contributed by atoms with Crippen molar-refractivity contribution in [3.63, 3.8) is 0 Å². The van der Waals surface area contributed by atoms with Crippen LogP contribution in [0.3, 0.4) is 0 Å². The van der Waals surface area contributed by atoms with Gasteiger partial charge in [-0.3, -0.25) is 9.59 Å². The van der Waals surface area contributed by atoms with Gasteiger partial charge in [0.25, 0.3) is 5.91 Å². The SMILES string of the molecule is CCC(CC)(CO)CNC(=O)CNC(=O)c1ccccc1C. The van der Waals surface area contributed by atoms with Gasteiger partial charge in [-0.2, -0.15) is 0 Å². The van der Waals surface area contributed by atoms with E-state index in [1.807, 2.05) is 32.9 Å². The van der Waals surface area contributed by atoms with Gasteiger partial charge in [-0.25, -0.2) is 0 Å². The summed E-state index contributed by atoms with van der Waals surface area (Å²) in [7, 11) is 0. The first-order valence-electron chi connectivity index (χ1n) is 7.69. The van der Waals surface area contributed by atoms with Crippen molar-refractivity contribution in [3.05, 3.63) is 35.4 Å². The molecular weight excluding hydrogens is 280 g/mol. The molecule has 5 nitrogen and oxygen atoms in total. The number of carbonyl (C=O) groups is 2. The molecule has 0 unspecified atom stereocenters. The molecule has 0 spiro atoms. The molecule has 0 atom stereocenters. The van der Waals surface area contributed by atoms with Crippen molar-refractivity contribution in [2.75, 3.05) is 19.7 Å². The van der Waals surface area contributed by atoms with Gasteiger partial charge in [0.1, 0.15) is 0 Å². The van der Waals surface area contributed by atoms with Crippen molar-refractivity contribution >= 4 is 11.8 Å². The summed E-state index contributed by atoms with van der Waals surface area (Å²) in [6.07, 6.45) is 1.58. The second-order valence-corrected chi connectivity index (χ2v) is 5.64. The van der Waals surface area contributed by atoms with Gasteiger partial charge in [-0.05, 0) is 31.4 Å².